The van der Waals surface area contributed by atoms with Gasteiger partial charge in [-0.2, -0.15) is 4.57 Å². The van der Waals surface area contributed by atoms with Crippen molar-refractivity contribution in [3.8, 4) is 5.88 Å². The third-order valence-electron chi connectivity index (χ3n) is 4.23. The van der Waals surface area contributed by atoms with Crippen LogP contribution in [0.4, 0.5) is 5.82 Å². The molecule has 1 saturated carbocycles. The molecule has 3 rings (SSSR count). The van der Waals surface area contributed by atoms with Gasteiger partial charge in [0.15, 0.2) is 5.82 Å². The van der Waals surface area contributed by atoms with Crippen molar-refractivity contribution >= 4 is 23.4 Å². The predicted octanol–water partition coefficient (Wildman–Crippen LogP) is 1.17. The van der Waals surface area contributed by atoms with Gasteiger partial charge in [-0.05, 0) is 31.3 Å². The molecule has 8 nitrogen and oxygen atoms in total. The molecule has 2 aromatic heterocycles. The molecule has 0 aliphatic heterocycles. The summed E-state index contributed by atoms with van der Waals surface area (Å²) in [5.41, 5.74) is 5.97. The minimum atomic E-state index is -0.622. The van der Waals surface area contributed by atoms with Crippen LogP contribution in [0.1, 0.15) is 56.5 Å². The van der Waals surface area contributed by atoms with Crippen LogP contribution in [0.15, 0.2) is 10.9 Å². The Balaban J connectivity index is 2.33. The predicted molar refractivity (Wildman–Crippen MR) is 98.9 cm³/mol. The first kappa shape index (κ1) is 18.0. The summed E-state index contributed by atoms with van der Waals surface area (Å²) in [4.78, 5) is 25.5. The molecule has 0 radical (unpaired) electrons. The van der Waals surface area contributed by atoms with Crippen LogP contribution in [0, 0.1) is 5.41 Å². The van der Waals surface area contributed by atoms with Crippen LogP contribution in [0.25, 0.3) is 11.7 Å². The highest BCUT2D eigenvalue weighted by Crippen LogP contribution is 2.23. The fraction of sp³-hybridized carbons (Fsp3) is 0.500. The molecule has 1 aliphatic carbocycles. The molecule has 0 bridgehead atoms. The van der Waals surface area contributed by atoms with Crippen LogP contribution in [0.2, 0.25) is 0 Å². The number of carbonyl (C=O) groups excluding carboxylic acids is 1. The summed E-state index contributed by atoms with van der Waals surface area (Å²) in [7, 11) is 0. The molecule has 1 amide bonds. The number of nitrogens with two attached hydrogens (primary N) is 1. The second-order valence-electron chi connectivity index (χ2n) is 8.00. The molecular weight excluding hydrogens is 334 g/mol. The fourth-order valence-electron chi connectivity index (χ4n) is 2.97. The zero-order chi connectivity index (χ0) is 19.2. The maximum Gasteiger partial charge on any atom is 0.378 e. The first-order valence-corrected chi connectivity index (χ1v) is 8.76. The number of amides is 1. The number of aromatic nitrogens is 3. The molecule has 0 spiro atoms. The number of nitrogens with one attached hydrogen (secondary N) is 2. The molecule has 2 heterocycles. The number of rotatable bonds is 4. The van der Waals surface area contributed by atoms with Gasteiger partial charge in [-0.3, -0.25) is 4.79 Å². The molecule has 0 unspecified atom stereocenters. The highest BCUT2D eigenvalue weighted by atomic mass is 16.3. The van der Waals surface area contributed by atoms with E-state index in [0.717, 1.165) is 12.8 Å². The molecule has 1 fully saturated rings. The van der Waals surface area contributed by atoms with Crippen LogP contribution in [-0.2, 0) is 6.54 Å². The summed E-state index contributed by atoms with van der Waals surface area (Å²) >= 11 is 0. The van der Waals surface area contributed by atoms with E-state index in [0.29, 0.717) is 23.6 Å². The van der Waals surface area contributed by atoms with Crippen LogP contribution in [0.5, 0.6) is 5.88 Å². The third-order valence-corrected chi connectivity index (χ3v) is 4.23. The number of hydrogen-bond acceptors (Lipinski definition) is 4. The highest BCUT2D eigenvalue weighted by Gasteiger charge is 2.36. The van der Waals surface area contributed by atoms with Crippen molar-refractivity contribution in [3.63, 3.8) is 0 Å². The van der Waals surface area contributed by atoms with Gasteiger partial charge in [-0.15, -0.1) is 0 Å². The average molecular weight is 360 g/mol. The lowest BCUT2D eigenvalue weighted by molar-refractivity contribution is -0.692. The van der Waals surface area contributed by atoms with E-state index in [4.69, 9.17) is 5.73 Å². The monoisotopic (exact) mass is 360 g/mol. The van der Waals surface area contributed by atoms with Crippen molar-refractivity contribution in [2.24, 2.45) is 5.41 Å². The largest absolute Gasteiger partial charge is 0.477 e. The lowest BCUT2D eigenvalue weighted by Gasteiger charge is -2.18. The molecule has 26 heavy (non-hydrogen) atoms. The Bertz CT molecular complexity index is 958. The van der Waals surface area contributed by atoms with E-state index < -0.39 is 11.5 Å². The first-order chi connectivity index (χ1) is 12.1. The van der Waals surface area contributed by atoms with Crippen molar-refractivity contribution in [1.82, 2.24) is 14.9 Å². The average Bonchev–Trinajstić information content (AvgIpc) is 3.27. The molecule has 140 valence electrons. The van der Waals surface area contributed by atoms with Crippen LogP contribution in [0.3, 0.4) is 0 Å². The Morgan fingerprint density at radius 3 is 2.65 bits per heavy atom. The van der Waals surface area contributed by atoms with Crippen LogP contribution in [-0.4, -0.2) is 26.7 Å². The summed E-state index contributed by atoms with van der Waals surface area (Å²) in [6, 6.07) is 0.0744. The first-order valence-electron chi connectivity index (χ1n) is 8.76. The van der Waals surface area contributed by atoms with Gasteiger partial charge >= 0.3 is 17.1 Å². The number of carbonyl (C=O) groups is 1. The summed E-state index contributed by atoms with van der Waals surface area (Å²) in [5.74, 6) is -0.609. The van der Waals surface area contributed by atoms with E-state index in [1.807, 2.05) is 27.7 Å². The molecule has 8 heteroatoms. The molecule has 1 aliphatic rings. The molecule has 2 aromatic rings. The van der Waals surface area contributed by atoms with E-state index in [2.05, 4.69) is 10.4 Å². The molecular formula is C18H26N5O3+. The van der Waals surface area contributed by atoms with Crippen molar-refractivity contribution in [2.75, 3.05) is 5.73 Å². The Hall–Kier alpha value is -2.77. The van der Waals surface area contributed by atoms with Crippen molar-refractivity contribution < 1.29 is 14.5 Å². The van der Waals surface area contributed by atoms with Gasteiger partial charge in [0.05, 0.1) is 6.54 Å². The zero-order valence-electron chi connectivity index (χ0n) is 15.6. The van der Waals surface area contributed by atoms with Crippen molar-refractivity contribution in [2.45, 2.75) is 53.1 Å². The molecule has 0 aromatic carbocycles. The summed E-state index contributed by atoms with van der Waals surface area (Å²) in [5, 5.41) is 16.4. The second kappa shape index (κ2) is 6.19. The summed E-state index contributed by atoms with van der Waals surface area (Å²) < 4.78 is 2.81. The number of aromatic amines is 1. The SMILES string of the molecule is C/C=C/c1c(N)[nH]n2c(=O)c(C(=O)NC3CC3)c(O)[n+](CC(C)(C)C)c12. The van der Waals surface area contributed by atoms with E-state index in [1.54, 1.807) is 16.7 Å². The number of aromatic hydroxyl groups is 1. The van der Waals surface area contributed by atoms with Gasteiger partial charge in [0.25, 0.3) is 5.91 Å². The number of H-pyrrole nitrogens is 1. The van der Waals surface area contributed by atoms with Gasteiger partial charge < -0.3 is 16.2 Å². The van der Waals surface area contributed by atoms with Crippen molar-refractivity contribution in [3.05, 3.63) is 27.6 Å². The Kier molecular flexibility index (Phi) is 4.29. The van der Waals surface area contributed by atoms with E-state index in [1.165, 1.54) is 4.52 Å². The molecule has 0 saturated heterocycles. The maximum absolute atomic E-state index is 12.9. The smallest absolute Gasteiger partial charge is 0.378 e. The summed E-state index contributed by atoms with van der Waals surface area (Å²) in [6.07, 6.45) is 5.34. The minimum Gasteiger partial charge on any atom is -0.477 e. The van der Waals surface area contributed by atoms with E-state index in [-0.39, 0.29) is 22.9 Å². The van der Waals surface area contributed by atoms with Crippen LogP contribution >= 0.6 is 0 Å². The zero-order valence-corrected chi connectivity index (χ0v) is 15.6. The normalized spacial score (nSPS) is 15.1. The molecule has 5 N–H and O–H groups in total. The van der Waals surface area contributed by atoms with E-state index >= 15 is 0 Å². The van der Waals surface area contributed by atoms with Crippen molar-refractivity contribution in [1.29, 1.82) is 0 Å². The number of anilines is 1. The fourth-order valence-corrected chi connectivity index (χ4v) is 2.97. The van der Waals surface area contributed by atoms with Gasteiger partial charge in [-0.1, -0.05) is 31.4 Å². The Morgan fingerprint density at radius 1 is 1.46 bits per heavy atom. The third kappa shape index (κ3) is 3.18. The van der Waals surface area contributed by atoms with Gasteiger partial charge in [0, 0.05) is 6.04 Å². The lowest BCUT2D eigenvalue weighted by Crippen LogP contribution is -2.47. The van der Waals surface area contributed by atoms with Gasteiger partial charge in [0.1, 0.15) is 5.56 Å². The maximum atomic E-state index is 12.9. The topological polar surface area (TPSA) is 116 Å². The van der Waals surface area contributed by atoms with Gasteiger partial charge in [0.2, 0.25) is 5.56 Å². The number of nitrogens with zero attached hydrogens (tertiary/aromatic N) is 2. The molecule has 0 atom stereocenters. The number of allylic oxidation sites excluding steroid dienone is 1. The Labute approximate surface area is 151 Å². The number of fused-ring (bicyclic) bond motifs is 1. The van der Waals surface area contributed by atoms with E-state index in [9.17, 15) is 14.7 Å². The number of nitrogen functional groups attached to an aromatic ring is 1. The second-order valence-corrected chi connectivity index (χ2v) is 8.00. The standard InChI is InChI=1S/C18H25N5O3/c1-5-6-11-13(19)21-23-15(11)22(9-18(2,3)4)16(25)12(17(23)26)14(24)20-10-7-8-10/h5-6,10H,7-9H2,1-4H3,(H4,19,20,21,24,25,26)/p+1/b6-5+. The quantitative estimate of drug-likeness (QED) is 0.613. The summed E-state index contributed by atoms with van der Waals surface area (Å²) in [6.45, 7) is 8.27. The van der Waals surface area contributed by atoms with Gasteiger partial charge in [-0.25, -0.2) is 9.89 Å². The lowest BCUT2D eigenvalue weighted by atomic mass is 9.96. The van der Waals surface area contributed by atoms with Crippen LogP contribution < -0.4 is 21.2 Å². The highest BCUT2D eigenvalue weighted by molar-refractivity contribution is 5.96. The Morgan fingerprint density at radius 2 is 2.12 bits per heavy atom. The minimum absolute atomic E-state index is 0.0744. The number of hydrogen-bond donors (Lipinski definition) is 4.